The summed E-state index contributed by atoms with van der Waals surface area (Å²) < 4.78 is 27.7. The maximum Gasteiger partial charge on any atom is 0.232 e. The van der Waals surface area contributed by atoms with Gasteiger partial charge in [-0.2, -0.15) is 0 Å². The molecule has 0 bridgehead atoms. The first kappa shape index (κ1) is 17.9. The molecule has 1 atom stereocenters. The highest BCUT2D eigenvalue weighted by atomic mass is 35.5. The van der Waals surface area contributed by atoms with Crippen molar-refractivity contribution in [1.82, 2.24) is 0 Å². The van der Waals surface area contributed by atoms with Gasteiger partial charge in [-0.05, 0) is 42.7 Å². The van der Waals surface area contributed by atoms with Crippen molar-refractivity contribution < 1.29 is 18.4 Å². The minimum atomic E-state index is -0.821. The van der Waals surface area contributed by atoms with Crippen molar-refractivity contribution in [2.75, 3.05) is 4.90 Å². The number of rotatable bonds is 2. The molecule has 138 valence electrons. The average Bonchev–Trinajstić information content (AvgIpc) is 2.63. The summed E-state index contributed by atoms with van der Waals surface area (Å²) in [4.78, 5) is 26.9. The van der Waals surface area contributed by atoms with Crippen molar-refractivity contribution in [2.24, 2.45) is 0 Å². The van der Waals surface area contributed by atoms with Crippen LogP contribution in [0, 0.1) is 11.6 Å². The lowest BCUT2D eigenvalue weighted by molar-refractivity contribution is -0.120. The highest BCUT2D eigenvalue weighted by Gasteiger charge is 2.40. The Labute approximate surface area is 160 Å². The zero-order chi connectivity index (χ0) is 19.1. The first-order valence-electron chi connectivity index (χ1n) is 8.75. The number of benzene rings is 2. The van der Waals surface area contributed by atoms with Gasteiger partial charge < -0.3 is 0 Å². The SMILES string of the molecule is O=C1CCCC2=C1[C@H](c1ccc(Cl)cc1)CC(=O)N2c1ccc(F)cc1F. The standard InChI is InChI=1S/C21H16ClF2NO2/c22-13-6-4-12(5-7-13)15-11-20(27)25(17-9-8-14(23)10-16(17)24)18-2-1-3-19(26)21(15)18/h4-10,15H,1-3,11H2/t15-/m0/s1. The second-order valence-corrected chi connectivity index (χ2v) is 7.21. The maximum atomic E-state index is 14.4. The van der Waals surface area contributed by atoms with Crippen LogP contribution in [0.2, 0.25) is 5.02 Å². The number of ketones is 1. The monoisotopic (exact) mass is 387 g/mol. The molecule has 1 aliphatic carbocycles. The summed E-state index contributed by atoms with van der Waals surface area (Å²) >= 11 is 5.95. The van der Waals surface area contributed by atoms with Crippen LogP contribution >= 0.6 is 11.6 Å². The van der Waals surface area contributed by atoms with E-state index in [0.717, 1.165) is 17.7 Å². The Morgan fingerprint density at radius 1 is 1.00 bits per heavy atom. The van der Waals surface area contributed by atoms with Crippen molar-refractivity contribution in [3.05, 3.63) is 76.0 Å². The number of hydrogen-bond donors (Lipinski definition) is 0. The van der Waals surface area contributed by atoms with E-state index in [2.05, 4.69) is 0 Å². The summed E-state index contributed by atoms with van der Waals surface area (Å²) in [5.41, 5.74) is 1.88. The first-order chi connectivity index (χ1) is 13.0. The van der Waals surface area contributed by atoms with Crippen LogP contribution in [0.1, 0.15) is 37.2 Å². The van der Waals surface area contributed by atoms with Crippen LogP contribution < -0.4 is 4.90 Å². The fourth-order valence-corrected chi connectivity index (χ4v) is 4.04. The third kappa shape index (κ3) is 3.16. The molecule has 0 radical (unpaired) electrons. The summed E-state index contributed by atoms with van der Waals surface area (Å²) in [5, 5.41) is 0.570. The summed E-state index contributed by atoms with van der Waals surface area (Å²) in [6.07, 6.45) is 1.53. The van der Waals surface area contributed by atoms with E-state index < -0.39 is 11.6 Å². The van der Waals surface area contributed by atoms with Crippen molar-refractivity contribution in [3.8, 4) is 0 Å². The Morgan fingerprint density at radius 3 is 2.44 bits per heavy atom. The number of carbonyl (C=O) groups excluding carboxylic acids is 2. The van der Waals surface area contributed by atoms with Gasteiger partial charge >= 0.3 is 0 Å². The molecule has 1 aliphatic heterocycles. The fraction of sp³-hybridized carbons (Fsp3) is 0.238. The lowest BCUT2D eigenvalue weighted by atomic mass is 9.77. The highest BCUT2D eigenvalue weighted by Crippen LogP contribution is 2.44. The Bertz CT molecular complexity index is 969. The van der Waals surface area contributed by atoms with Gasteiger partial charge in [-0.1, -0.05) is 23.7 Å². The molecule has 6 heteroatoms. The zero-order valence-electron chi connectivity index (χ0n) is 14.3. The Morgan fingerprint density at radius 2 is 1.74 bits per heavy atom. The van der Waals surface area contributed by atoms with Gasteiger partial charge in [0, 0.05) is 41.1 Å². The van der Waals surface area contributed by atoms with Crippen LogP contribution in [0.15, 0.2) is 53.7 Å². The molecule has 0 fully saturated rings. The molecule has 0 saturated carbocycles. The quantitative estimate of drug-likeness (QED) is 0.715. The molecule has 0 unspecified atom stereocenters. The second-order valence-electron chi connectivity index (χ2n) is 6.77. The van der Waals surface area contributed by atoms with E-state index in [1.165, 1.54) is 11.0 Å². The molecule has 0 saturated heterocycles. The van der Waals surface area contributed by atoms with Crippen LogP contribution in [-0.4, -0.2) is 11.7 Å². The summed E-state index contributed by atoms with van der Waals surface area (Å²) in [6.45, 7) is 0. The van der Waals surface area contributed by atoms with E-state index in [9.17, 15) is 18.4 Å². The Kier molecular flexibility index (Phi) is 4.56. The van der Waals surface area contributed by atoms with E-state index >= 15 is 0 Å². The molecule has 2 aromatic rings. The van der Waals surface area contributed by atoms with E-state index in [1.807, 2.05) is 0 Å². The number of Topliss-reactive ketones (excluding diaryl/α,β-unsaturated/α-hetero) is 1. The molecular formula is C21H16ClF2NO2. The van der Waals surface area contributed by atoms with Gasteiger partial charge in [-0.25, -0.2) is 8.78 Å². The molecule has 1 heterocycles. The van der Waals surface area contributed by atoms with Gasteiger partial charge in [0.15, 0.2) is 5.78 Å². The minimum absolute atomic E-state index is 0.0156. The van der Waals surface area contributed by atoms with Gasteiger partial charge in [-0.15, -0.1) is 0 Å². The number of amides is 1. The number of anilines is 1. The first-order valence-corrected chi connectivity index (χ1v) is 9.13. The molecular weight excluding hydrogens is 372 g/mol. The maximum absolute atomic E-state index is 14.4. The van der Waals surface area contributed by atoms with Crippen LogP contribution in [-0.2, 0) is 9.59 Å². The zero-order valence-corrected chi connectivity index (χ0v) is 15.1. The summed E-state index contributed by atoms with van der Waals surface area (Å²) in [6, 6.07) is 10.2. The third-order valence-electron chi connectivity index (χ3n) is 5.10. The topological polar surface area (TPSA) is 37.4 Å². The number of hydrogen-bond acceptors (Lipinski definition) is 2. The number of allylic oxidation sites excluding steroid dienone is 2. The second kappa shape index (κ2) is 6.89. The van der Waals surface area contributed by atoms with E-state index in [1.54, 1.807) is 24.3 Å². The molecule has 0 aromatic heterocycles. The number of nitrogens with zero attached hydrogens (tertiary/aromatic N) is 1. The Hall–Kier alpha value is -2.53. The lowest BCUT2D eigenvalue weighted by Crippen LogP contribution is -2.41. The van der Waals surface area contributed by atoms with Gasteiger partial charge in [0.2, 0.25) is 5.91 Å². The molecule has 4 rings (SSSR count). The normalized spacial score (nSPS) is 20.1. The lowest BCUT2D eigenvalue weighted by Gasteiger charge is -2.38. The van der Waals surface area contributed by atoms with Gasteiger partial charge in [0.05, 0.1) is 5.69 Å². The molecule has 2 aromatic carbocycles. The number of carbonyl (C=O) groups is 2. The van der Waals surface area contributed by atoms with Crippen LogP contribution in [0.25, 0.3) is 0 Å². The van der Waals surface area contributed by atoms with Crippen molar-refractivity contribution in [2.45, 2.75) is 31.6 Å². The highest BCUT2D eigenvalue weighted by molar-refractivity contribution is 6.30. The van der Waals surface area contributed by atoms with Crippen LogP contribution in [0.3, 0.4) is 0 Å². The average molecular weight is 388 g/mol. The van der Waals surface area contributed by atoms with Gasteiger partial charge in [0.25, 0.3) is 0 Å². The van der Waals surface area contributed by atoms with E-state index in [4.69, 9.17) is 11.6 Å². The fourth-order valence-electron chi connectivity index (χ4n) is 3.91. The van der Waals surface area contributed by atoms with Crippen molar-refractivity contribution in [3.63, 3.8) is 0 Å². The minimum Gasteiger partial charge on any atom is -0.294 e. The van der Waals surface area contributed by atoms with E-state index in [-0.39, 0.29) is 29.7 Å². The smallest absolute Gasteiger partial charge is 0.232 e. The van der Waals surface area contributed by atoms with Gasteiger partial charge in [0.1, 0.15) is 11.6 Å². The summed E-state index contributed by atoms with van der Waals surface area (Å²) in [7, 11) is 0. The number of halogens is 3. The van der Waals surface area contributed by atoms with Crippen LogP contribution in [0.5, 0.6) is 0 Å². The predicted molar refractivity (Wildman–Crippen MR) is 98.5 cm³/mol. The molecule has 3 nitrogen and oxygen atoms in total. The summed E-state index contributed by atoms with van der Waals surface area (Å²) in [5.74, 6) is -2.26. The van der Waals surface area contributed by atoms with E-state index in [0.29, 0.717) is 35.6 Å². The molecule has 27 heavy (non-hydrogen) atoms. The predicted octanol–water partition coefficient (Wildman–Crippen LogP) is 5.15. The van der Waals surface area contributed by atoms with Crippen molar-refractivity contribution in [1.29, 1.82) is 0 Å². The molecule has 1 amide bonds. The molecule has 0 spiro atoms. The third-order valence-corrected chi connectivity index (χ3v) is 5.35. The molecule has 0 N–H and O–H groups in total. The van der Waals surface area contributed by atoms with Crippen LogP contribution in [0.4, 0.5) is 14.5 Å². The van der Waals surface area contributed by atoms with Crippen molar-refractivity contribution >= 4 is 29.0 Å². The largest absolute Gasteiger partial charge is 0.294 e. The van der Waals surface area contributed by atoms with Gasteiger partial charge in [-0.3, -0.25) is 14.5 Å². The molecule has 2 aliphatic rings. The Balaban J connectivity index is 1.87.